The smallest absolute Gasteiger partial charge is 0.307 e. The fraction of sp³-hybridized carbons (Fsp3) is 0.167. The van der Waals surface area contributed by atoms with Gasteiger partial charge < -0.3 is 9.67 Å². The van der Waals surface area contributed by atoms with Gasteiger partial charge in [-0.25, -0.2) is 0 Å². The van der Waals surface area contributed by atoms with E-state index in [1.165, 1.54) is 5.56 Å². The second-order valence-corrected chi connectivity index (χ2v) is 5.17. The van der Waals surface area contributed by atoms with Crippen molar-refractivity contribution in [2.45, 2.75) is 19.4 Å². The monoisotopic (exact) mass is 279 g/mol. The Hall–Kier alpha value is -2.55. The molecule has 0 aliphatic rings. The predicted octanol–water partition coefficient (Wildman–Crippen LogP) is 3.51. The van der Waals surface area contributed by atoms with Crippen molar-refractivity contribution in [2.75, 3.05) is 0 Å². The van der Waals surface area contributed by atoms with Crippen LogP contribution in [0.4, 0.5) is 0 Å². The van der Waals surface area contributed by atoms with Crippen LogP contribution in [0, 0.1) is 0 Å². The van der Waals surface area contributed by atoms with Crippen molar-refractivity contribution in [1.82, 2.24) is 4.57 Å². The van der Waals surface area contributed by atoms with E-state index >= 15 is 0 Å². The van der Waals surface area contributed by atoms with Crippen LogP contribution in [0.15, 0.2) is 60.8 Å². The number of fused-ring (bicyclic) bond motifs is 1. The number of aromatic nitrogens is 1. The van der Waals surface area contributed by atoms with E-state index in [-0.39, 0.29) is 6.42 Å². The number of hydrogen-bond donors (Lipinski definition) is 1. The van der Waals surface area contributed by atoms with Crippen LogP contribution in [0.1, 0.15) is 11.1 Å². The van der Waals surface area contributed by atoms with Crippen LogP contribution >= 0.6 is 0 Å². The van der Waals surface area contributed by atoms with Crippen LogP contribution in [0.3, 0.4) is 0 Å². The van der Waals surface area contributed by atoms with E-state index in [2.05, 4.69) is 16.7 Å². The number of nitrogens with zero attached hydrogens (tertiary/aromatic N) is 1. The minimum absolute atomic E-state index is 0.0683. The summed E-state index contributed by atoms with van der Waals surface area (Å²) in [5.41, 5.74) is 3.27. The normalized spacial score (nSPS) is 10.9. The molecule has 106 valence electrons. The molecule has 1 heterocycles. The van der Waals surface area contributed by atoms with Crippen molar-refractivity contribution >= 4 is 16.9 Å². The fourth-order valence-corrected chi connectivity index (χ4v) is 2.71. The zero-order valence-corrected chi connectivity index (χ0v) is 11.7. The van der Waals surface area contributed by atoms with Crippen LogP contribution in [-0.4, -0.2) is 15.6 Å². The van der Waals surface area contributed by atoms with Gasteiger partial charge in [0.15, 0.2) is 0 Å². The van der Waals surface area contributed by atoms with E-state index in [1.54, 1.807) is 0 Å². The van der Waals surface area contributed by atoms with E-state index in [9.17, 15) is 4.79 Å². The van der Waals surface area contributed by atoms with Gasteiger partial charge in [-0.2, -0.15) is 0 Å². The lowest BCUT2D eigenvalue weighted by Crippen LogP contribution is -2.01. The Balaban J connectivity index is 1.89. The summed E-state index contributed by atoms with van der Waals surface area (Å²) in [5, 5.41) is 10.1. The highest BCUT2D eigenvalue weighted by Gasteiger charge is 2.10. The summed E-state index contributed by atoms with van der Waals surface area (Å²) in [7, 11) is 0. The van der Waals surface area contributed by atoms with Crippen molar-refractivity contribution in [3.8, 4) is 0 Å². The number of carboxylic acids is 1. The van der Waals surface area contributed by atoms with Crippen molar-refractivity contribution in [3.05, 3.63) is 71.9 Å². The average molecular weight is 279 g/mol. The van der Waals surface area contributed by atoms with Crippen LogP contribution in [0.25, 0.3) is 10.9 Å². The lowest BCUT2D eigenvalue weighted by Gasteiger charge is -2.05. The molecule has 2 aromatic carbocycles. The topological polar surface area (TPSA) is 42.2 Å². The first-order valence-corrected chi connectivity index (χ1v) is 7.06. The van der Waals surface area contributed by atoms with E-state index in [0.29, 0.717) is 0 Å². The number of benzene rings is 2. The van der Waals surface area contributed by atoms with Gasteiger partial charge in [0.05, 0.1) is 6.42 Å². The Morgan fingerprint density at radius 2 is 1.71 bits per heavy atom. The maximum absolute atomic E-state index is 11.0. The second-order valence-electron chi connectivity index (χ2n) is 5.17. The fourth-order valence-electron chi connectivity index (χ4n) is 2.71. The van der Waals surface area contributed by atoms with E-state index < -0.39 is 5.97 Å². The van der Waals surface area contributed by atoms with Gasteiger partial charge in [0, 0.05) is 23.6 Å². The molecule has 0 saturated carbocycles. The standard InChI is InChI=1S/C18H17NO2/c20-18(21)12-15-13-19(17-9-5-4-8-16(15)17)11-10-14-6-2-1-3-7-14/h1-9,13H,10-12H2,(H,20,21). The summed E-state index contributed by atoms with van der Waals surface area (Å²) in [6.07, 6.45) is 2.98. The lowest BCUT2D eigenvalue weighted by molar-refractivity contribution is -0.136. The largest absolute Gasteiger partial charge is 0.481 e. The SMILES string of the molecule is O=C(O)Cc1cn(CCc2ccccc2)c2ccccc12. The lowest BCUT2D eigenvalue weighted by atomic mass is 10.1. The number of carboxylic acid groups (broad SMARTS) is 1. The molecule has 1 aromatic heterocycles. The van der Waals surface area contributed by atoms with Crippen molar-refractivity contribution in [2.24, 2.45) is 0 Å². The third-order valence-corrected chi connectivity index (χ3v) is 3.70. The first-order chi connectivity index (χ1) is 10.2. The molecular weight excluding hydrogens is 262 g/mol. The van der Waals surface area contributed by atoms with Crippen molar-refractivity contribution in [3.63, 3.8) is 0 Å². The minimum Gasteiger partial charge on any atom is -0.481 e. The van der Waals surface area contributed by atoms with Crippen LogP contribution in [0.2, 0.25) is 0 Å². The predicted molar refractivity (Wildman–Crippen MR) is 83.4 cm³/mol. The van der Waals surface area contributed by atoms with Gasteiger partial charge in [0.2, 0.25) is 0 Å². The number of carbonyl (C=O) groups is 1. The molecule has 0 fully saturated rings. The third-order valence-electron chi connectivity index (χ3n) is 3.70. The number of hydrogen-bond acceptors (Lipinski definition) is 1. The van der Waals surface area contributed by atoms with Gasteiger partial charge in [-0.15, -0.1) is 0 Å². The first-order valence-electron chi connectivity index (χ1n) is 7.06. The molecule has 21 heavy (non-hydrogen) atoms. The Kier molecular flexibility index (Phi) is 3.73. The van der Waals surface area contributed by atoms with E-state index in [0.717, 1.165) is 29.4 Å². The molecule has 1 N–H and O–H groups in total. The van der Waals surface area contributed by atoms with Crippen LogP contribution < -0.4 is 0 Å². The van der Waals surface area contributed by atoms with Crippen LogP contribution in [-0.2, 0) is 24.2 Å². The molecule has 0 unspecified atom stereocenters. The van der Waals surface area contributed by atoms with Gasteiger partial charge in [0.25, 0.3) is 0 Å². The molecule has 3 rings (SSSR count). The van der Waals surface area contributed by atoms with E-state index in [4.69, 9.17) is 5.11 Å². The molecule has 0 aliphatic heterocycles. The molecule has 0 aliphatic carbocycles. The van der Waals surface area contributed by atoms with Crippen molar-refractivity contribution < 1.29 is 9.90 Å². The van der Waals surface area contributed by atoms with Gasteiger partial charge in [-0.1, -0.05) is 48.5 Å². The number of aryl methyl sites for hydroxylation is 2. The Bertz CT molecular complexity index is 759. The molecule has 3 aromatic rings. The van der Waals surface area contributed by atoms with Crippen molar-refractivity contribution in [1.29, 1.82) is 0 Å². The van der Waals surface area contributed by atoms with Crippen LogP contribution in [0.5, 0.6) is 0 Å². The Morgan fingerprint density at radius 1 is 1.00 bits per heavy atom. The second kappa shape index (κ2) is 5.83. The summed E-state index contributed by atoms with van der Waals surface area (Å²) >= 11 is 0. The number of para-hydroxylation sites is 1. The van der Waals surface area contributed by atoms with Gasteiger partial charge in [-0.3, -0.25) is 4.79 Å². The Morgan fingerprint density at radius 3 is 2.48 bits per heavy atom. The highest BCUT2D eigenvalue weighted by atomic mass is 16.4. The number of rotatable bonds is 5. The Labute approximate surface area is 123 Å². The number of aliphatic carboxylic acids is 1. The molecule has 0 atom stereocenters. The highest BCUT2D eigenvalue weighted by Crippen LogP contribution is 2.22. The molecule has 0 bridgehead atoms. The maximum atomic E-state index is 11.0. The summed E-state index contributed by atoms with van der Waals surface area (Å²) in [6, 6.07) is 18.3. The first kappa shape index (κ1) is 13.4. The summed E-state index contributed by atoms with van der Waals surface area (Å²) in [5.74, 6) is -0.791. The van der Waals surface area contributed by atoms with Gasteiger partial charge in [-0.05, 0) is 23.6 Å². The van der Waals surface area contributed by atoms with Gasteiger partial charge in [0.1, 0.15) is 0 Å². The van der Waals surface area contributed by atoms with E-state index in [1.807, 2.05) is 48.7 Å². The molecule has 0 spiro atoms. The third kappa shape index (κ3) is 2.97. The van der Waals surface area contributed by atoms with Gasteiger partial charge >= 0.3 is 5.97 Å². The molecule has 0 radical (unpaired) electrons. The minimum atomic E-state index is -0.791. The molecule has 3 nitrogen and oxygen atoms in total. The maximum Gasteiger partial charge on any atom is 0.307 e. The zero-order valence-electron chi connectivity index (χ0n) is 11.7. The quantitative estimate of drug-likeness (QED) is 0.776. The highest BCUT2D eigenvalue weighted by molar-refractivity contribution is 5.87. The molecular formula is C18H17NO2. The zero-order chi connectivity index (χ0) is 14.7. The average Bonchev–Trinajstić information content (AvgIpc) is 2.84. The summed E-state index contributed by atoms with van der Waals surface area (Å²) in [4.78, 5) is 11.0. The summed E-state index contributed by atoms with van der Waals surface area (Å²) < 4.78 is 2.15. The molecule has 0 amide bonds. The summed E-state index contributed by atoms with van der Waals surface area (Å²) in [6.45, 7) is 0.851. The molecule has 0 saturated heterocycles. The molecule has 3 heteroatoms.